The molecule has 0 fully saturated rings. The molecule has 1 aliphatic heterocycles. The summed E-state index contributed by atoms with van der Waals surface area (Å²) in [5.74, 6) is -0.351. The third kappa shape index (κ3) is 4.82. The summed E-state index contributed by atoms with van der Waals surface area (Å²) in [6, 6.07) is 15.4. The third-order valence-corrected chi connectivity index (χ3v) is 6.09. The first-order valence-corrected chi connectivity index (χ1v) is 11.0. The van der Waals surface area contributed by atoms with Gasteiger partial charge in [-0.3, -0.25) is 14.2 Å². The number of amides is 2. The minimum absolute atomic E-state index is 0.121. The van der Waals surface area contributed by atoms with E-state index in [0.29, 0.717) is 16.9 Å². The van der Waals surface area contributed by atoms with E-state index >= 15 is 0 Å². The molecule has 0 bridgehead atoms. The van der Waals surface area contributed by atoms with Crippen molar-refractivity contribution in [1.29, 1.82) is 0 Å². The summed E-state index contributed by atoms with van der Waals surface area (Å²) in [5, 5.41) is 0. The standard InChI is InChI=1S/C21H22NO6P/c1-3-26-29(25,27-4-2)15-17(28-16-10-6-5-7-11-16)14-22-20(23)18-12-8-9-13-19(18)21(22)24/h5-14H,3-4,15H2,1-2H3/b17-14-. The fraction of sp³-hybridized carbons (Fsp3) is 0.238. The molecule has 8 heteroatoms. The van der Waals surface area contributed by atoms with Gasteiger partial charge in [0.15, 0.2) is 0 Å². The van der Waals surface area contributed by atoms with E-state index in [2.05, 4.69) is 0 Å². The van der Waals surface area contributed by atoms with Gasteiger partial charge in [-0.05, 0) is 38.1 Å². The van der Waals surface area contributed by atoms with Crippen LogP contribution in [0, 0.1) is 0 Å². The fourth-order valence-corrected chi connectivity index (χ4v) is 4.49. The van der Waals surface area contributed by atoms with Crippen molar-refractivity contribution in [2.75, 3.05) is 19.4 Å². The highest BCUT2D eigenvalue weighted by atomic mass is 31.2. The number of para-hydroxylation sites is 1. The number of hydrogen-bond acceptors (Lipinski definition) is 6. The molecule has 0 aliphatic carbocycles. The highest BCUT2D eigenvalue weighted by Crippen LogP contribution is 2.49. The topological polar surface area (TPSA) is 82.1 Å². The summed E-state index contributed by atoms with van der Waals surface area (Å²) in [6.07, 6.45) is 1.04. The second-order valence-electron chi connectivity index (χ2n) is 6.14. The minimum atomic E-state index is -3.52. The van der Waals surface area contributed by atoms with Crippen molar-refractivity contribution in [2.45, 2.75) is 13.8 Å². The van der Waals surface area contributed by atoms with Gasteiger partial charge in [0.25, 0.3) is 11.8 Å². The Morgan fingerprint density at radius 3 is 1.93 bits per heavy atom. The monoisotopic (exact) mass is 415 g/mol. The molecule has 1 aliphatic rings. The number of carbonyl (C=O) groups is 2. The molecular weight excluding hydrogens is 393 g/mol. The van der Waals surface area contributed by atoms with Crippen LogP contribution in [0.15, 0.2) is 66.6 Å². The average molecular weight is 415 g/mol. The molecule has 3 rings (SSSR count). The van der Waals surface area contributed by atoms with E-state index in [0.717, 1.165) is 4.90 Å². The molecule has 2 amide bonds. The smallest absolute Gasteiger partial charge is 0.338 e. The second kappa shape index (κ2) is 9.18. The molecule has 2 aromatic carbocycles. The summed E-state index contributed by atoms with van der Waals surface area (Å²) < 4.78 is 29.5. The molecule has 0 aromatic heterocycles. The van der Waals surface area contributed by atoms with E-state index < -0.39 is 19.4 Å². The Balaban J connectivity index is 1.95. The lowest BCUT2D eigenvalue weighted by molar-refractivity contribution is 0.0716. The Labute approximate surface area is 169 Å². The number of rotatable bonds is 9. The fourth-order valence-electron chi connectivity index (χ4n) is 2.92. The van der Waals surface area contributed by atoms with Gasteiger partial charge in [-0.25, -0.2) is 4.90 Å². The summed E-state index contributed by atoms with van der Waals surface area (Å²) >= 11 is 0. The van der Waals surface area contributed by atoms with Crippen molar-refractivity contribution in [3.8, 4) is 5.75 Å². The Hall–Kier alpha value is -2.73. The molecule has 1 heterocycles. The molecule has 0 spiro atoms. The summed E-state index contributed by atoms with van der Waals surface area (Å²) in [7, 11) is -3.52. The SMILES string of the molecule is CCOP(=O)(C/C(=C/N1C(=O)c2ccccc2C1=O)Oc1ccccc1)OCC. The Morgan fingerprint density at radius 1 is 0.897 bits per heavy atom. The maximum absolute atomic E-state index is 13.0. The molecule has 0 saturated carbocycles. The van der Waals surface area contributed by atoms with Crippen LogP contribution in [0.4, 0.5) is 0 Å². The molecule has 152 valence electrons. The molecule has 0 unspecified atom stereocenters. The van der Waals surface area contributed by atoms with Crippen LogP contribution in [0.2, 0.25) is 0 Å². The van der Waals surface area contributed by atoms with Gasteiger partial charge < -0.3 is 13.8 Å². The highest BCUT2D eigenvalue weighted by molar-refractivity contribution is 7.54. The zero-order chi connectivity index (χ0) is 20.9. The van der Waals surface area contributed by atoms with E-state index in [4.69, 9.17) is 13.8 Å². The van der Waals surface area contributed by atoms with Crippen LogP contribution < -0.4 is 4.74 Å². The number of nitrogens with zero attached hydrogens (tertiary/aromatic N) is 1. The quantitative estimate of drug-likeness (QED) is 0.341. The van der Waals surface area contributed by atoms with Crippen molar-refractivity contribution in [2.24, 2.45) is 0 Å². The lowest BCUT2D eigenvalue weighted by atomic mass is 10.1. The number of carbonyl (C=O) groups excluding carboxylic acids is 2. The number of ether oxygens (including phenoxy) is 1. The van der Waals surface area contributed by atoms with Crippen molar-refractivity contribution in [3.63, 3.8) is 0 Å². The highest BCUT2D eigenvalue weighted by Gasteiger charge is 2.36. The van der Waals surface area contributed by atoms with Gasteiger partial charge in [0, 0.05) is 0 Å². The average Bonchev–Trinajstić information content (AvgIpc) is 2.94. The predicted octanol–water partition coefficient (Wildman–Crippen LogP) is 4.47. The largest absolute Gasteiger partial charge is 0.460 e. The number of imide groups is 1. The van der Waals surface area contributed by atoms with Gasteiger partial charge in [0.2, 0.25) is 0 Å². The lowest BCUT2D eigenvalue weighted by Crippen LogP contribution is -2.25. The summed E-state index contributed by atoms with van der Waals surface area (Å²) in [5.41, 5.74) is 0.622. The normalized spacial score (nSPS) is 14.3. The first kappa shape index (κ1) is 21.0. The van der Waals surface area contributed by atoms with E-state index in [1.807, 2.05) is 6.07 Å². The van der Waals surface area contributed by atoms with Crippen LogP contribution in [-0.4, -0.2) is 36.1 Å². The number of hydrogen-bond donors (Lipinski definition) is 0. The minimum Gasteiger partial charge on any atom is -0.460 e. The molecule has 7 nitrogen and oxygen atoms in total. The van der Waals surface area contributed by atoms with Crippen molar-refractivity contribution >= 4 is 19.4 Å². The predicted molar refractivity (Wildman–Crippen MR) is 108 cm³/mol. The number of fused-ring (bicyclic) bond motifs is 1. The maximum Gasteiger partial charge on any atom is 0.338 e. The lowest BCUT2D eigenvalue weighted by Gasteiger charge is -2.20. The van der Waals surface area contributed by atoms with Crippen molar-refractivity contribution < 1.29 is 27.9 Å². The van der Waals surface area contributed by atoms with E-state index in [-0.39, 0.29) is 25.1 Å². The van der Waals surface area contributed by atoms with E-state index in [1.54, 1.807) is 62.4 Å². The van der Waals surface area contributed by atoms with Crippen molar-refractivity contribution in [1.82, 2.24) is 4.90 Å². The molecule has 0 N–H and O–H groups in total. The van der Waals surface area contributed by atoms with Crippen LogP contribution in [0.3, 0.4) is 0 Å². The van der Waals surface area contributed by atoms with Crippen LogP contribution in [0.25, 0.3) is 0 Å². The molecule has 0 atom stereocenters. The molecule has 0 saturated heterocycles. The first-order valence-electron chi connectivity index (χ1n) is 9.26. The van der Waals surface area contributed by atoms with Crippen molar-refractivity contribution in [3.05, 3.63) is 77.7 Å². The zero-order valence-electron chi connectivity index (χ0n) is 16.2. The third-order valence-electron chi connectivity index (χ3n) is 4.09. The summed E-state index contributed by atoms with van der Waals surface area (Å²) in [4.78, 5) is 26.3. The van der Waals surface area contributed by atoms with Crippen LogP contribution in [0.5, 0.6) is 5.75 Å². The van der Waals surface area contributed by atoms with E-state index in [1.165, 1.54) is 6.20 Å². The van der Waals surface area contributed by atoms with Gasteiger partial charge in [-0.1, -0.05) is 30.3 Å². The Bertz CT molecular complexity index is 927. The van der Waals surface area contributed by atoms with Gasteiger partial charge in [0.1, 0.15) is 17.7 Å². The molecule has 0 radical (unpaired) electrons. The van der Waals surface area contributed by atoms with Gasteiger partial charge in [0.05, 0.1) is 30.5 Å². The Kier molecular flexibility index (Phi) is 6.64. The van der Waals surface area contributed by atoms with Gasteiger partial charge in [-0.15, -0.1) is 0 Å². The van der Waals surface area contributed by atoms with Gasteiger partial charge >= 0.3 is 7.60 Å². The first-order chi connectivity index (χ1) is 14.0. The molecule has 29 heavy (non-hydrogen) atoms. The van der Waals surface area contributed by atoms with Crippen LogP contribution in [0.1, 0.15) is 34.6 Å². The maximum atomic E-state index is 13.0. The Morgan fingerprint density at radius 2 is 1.41 bits per heavy atom. The van der Waals surface area contributed by atoms with Crippen LogP contribution in [-0.2, 0) is 13.6 Å². The number of benzene rings is 2. The zero-order valence-corrected chi connectivity index (χ0v) is 17.1. The molecular formula is C21H22NO6P. The second-order valence-corrected chi connectivity index (χ2v) is 8.20. The van der Waals surface area contributed by atoms with Gasteiger partial charge in [-0.2, -0.15) is 0 Å². The molecule has 2 aromatic rings. The summed E-state index contributed by atoms with van der Waals surface area (Å²) in [6.45, 7) is 3.78. The van der Waals surface area contributed by atoms with Crippen LogP contribution >= 0.6 is 7.60 Å². The number of allylic oxidation sites excluding steroid dienone is 1. The van der Waals surface area contributed by atoms with E-state index in [9.17, 15) is 14.2 Å².